The maximum Gasteiger partial charge on any atom is 0.205 e. The van der Waals surface area contributed by atoms with Crippen molar-refractivity contribution >= 4 is 11.6 Å². The van der Waals surface area contributed by atoms with Crippen molar-refractivity contribution in [3.05, 3.63) is 58.9 Å². The summed E-state index contributed by atoms with van der Waals surface area (Å²) in [5, 5.41) is 17.4. The number of nitriles is 1. The summed E-state index contributed by atoms with van der Waals surface area (Å²) in [7, 11) is 3.64. The molecule has 2 atom stereocenters. The lowest BCUT2D eigenvalue weighted by molar-refractivity contribution is 0.418. The highest BCUT2D eigenvalue weighted by atomic mass is 19.2. The van der Waals surface area contributed by atoms with E-state index < -0.39 is 29.3 Å². The molecule has 0 spiro atoms. The van der Waals surface area contributed by atoms with E-state index in [2.05, 4.69) is 0 Å². The van der Waals surface area contributed by atoms with Crippen molar-refractivity contribution in [2.75, 3.05) is 19.0 Å². The molecule has 25 heavy (non-hydrogen) atoms. The molecule has 0 fully saturated rings. The third kappa shape index (κ3) is 2.70. The molecule has 0 bridgehead atoms. The number of fused-ring (bicyclic) bond motifs is 1. The zero-order chi connectivity index (χ0) is 18.3. The Bertz CT molecular complexity index is 905. The van der Waals surface area contributed by atoms with Gasteiger partial charge in [0.15, 0.2) is 17.5 Å². The van der Waals surface area contributed by atoms with Gasteiger partial charge in [0.05, 0.1) is 6.07 Å². The van der Waals surface area contributed by atoms with Crippen LogP contribution in [0.15, 0.2) is 30.3 Å². The first-order valence-corrected chi connectivity index (χ1v) is 7.45. The molecular weight excluding hydrogens is 331 g/mol. The first-order valence-electron chi connectivity index (χ1n) is 7.45. The predicted molar refractivity (Wildman–Crippen MR) is 86.4 cm³/mol. The van der Waals surface area contributed by atoms with Crippen LogP contribution >= 0.6 is 0 Å². The highest BCUT2D eigenvalue weighted by Gasteiger charge is 2.39. The Morgan fingerprint density at radius 1 is 1.08 bits per heavy atom. The molecule has 0 aromatic heterocycles. The van der Waals surface area contributed by atoms with Crippen LogP contribution in [0.1, 0.15) is 17.0 Å². The van der Waals surface area contributed by atoms with Crippen LogP contribution in [-0.4, -0.2) is 20.0 Å². The van der Waals surface area contributed by atoms with Gasteiger partial charge < -0.3 is 9.64 Å². The van der Waals surface area contributed by atoms with Crippen molar-refractivity contribution in [1.82, 2.24) is 0 Å². The summed E-state index contributed by atoms with van der Waals surface area (Å²) in [4.78, 5) is 1.82. The monoisotopic (exact) mass is 345 g/mol. The molecule has 1 heterocycles. The number of halogens is 3. The van der Waals surface area contributed by atoms with Gasteiger partial charge in [-0.05, 0) is 12.1 Å². The van der Waals surface area contributed by atoms with Gasteiger partial charge in [0.1, 0.15) is 11.7 Å². The van der Waals surface area contributed by atoms with Gasteiger partial charge in [-0.2, -0.15) is 5.26 Å². The fraction of sp³-hybridized carbons (Fsp3) is 0.222. The highest BCUT2D eigenvalue weighted by Crippen LogP contribution is 2.44. The number of anilines is 1. The molecule has 7 heteroatoms. The van der Waals surface area contributed by atoms with E-state index in [1.54, 1.807) is 18.2 Å². The topological polar surface area (TPSA) is 60.1 Å². The minimum absolute atomic E-state index is 0.183. The second-order valence-corrected chi connectivity index (χ2v) is 5.93. The second-order valence-electron chi connectivity index (χ2n) is 5.93. The Labute approximate surface area is 142 Å². The summed E-state index contributed by atoms with van der Waals surface area (Å²) >= 11 is 0. The van der Waals surface area contributed by atoms with Gasteiger partial charge in [-0.25, -0.2) is 13.2 Å². The van der Waals surface area contributed by atoms with E-state index >= 15 is 0 Å². The lowest BCUT2D eigenvalue weighted by Crippen LogP contribution is -2.31. The molecule has 2 unspecified atom stereocenters. The number of nitrogens with one attached hydrogen (secondary N) is 1. The third-order valence-corrected chi connectivity index (χ3v) is 4.22. The van der Waals surface area contributed by atoms with Gasteiger partial charge in [-0.1, -0.05) is 12.1 Å². The Morgan fingerprint density at radius 2 is 1.76 bits per heavy atom. The first-order chi connectivity index (χ1) is 11.8. The SMILES string of the molecule is CN(C)c1ccc2c(c1)OC(=N)C(C#N)C2c1ccc(F)c(F)c1F. The van der Waals surface area contributed by atoms with E-state index in [0.717, 1.165) is 17.8 Å². The van der Waals surface area contributed by atoms with Gasteiger partial charge >= 0.3 is 0 Å². The second kappa shape index (κ2) is 6.13. The average Bonchev–Trinajstić information content (AvgIpc) is 2.58. The molecule has 1 aliphatic rings. The van der Waals surface area contributed by atoms with E-state index in [1.165, 1.54) is 0 Å². The Balaban J connectivity index is 2.23. The molecule has 0 amide bonds. The van der Waals surface area contributed by atoms with Gasteiger partial charge in [-0.3, -0.25) is 5.41 Å². The fourth-order valence-electron chi connectivity index (χ4n) is 2.92. The number of ether oxygens (including phenoxy) is 1. The molecule has 0 saturated heterocycles. The molecule has 0 saturated carbocycles. The quantitative estimate of drug-likeness (QED) is 0.842. The molecule has 4 nitrogen and oxygen atoms in total. The zero-order valence-electron chi connectivity index (χ0n) is 13.5. The summed E-state index contributed by atoms with van der Waals surface area (Å²) in [5.41, 5.74) is 1.04. The molecule has 2 aromatic carbocycles. The largest absolute Gasteiger partial charge is 0.442 e. The minimum Gasteiger partial charge on any atom is -0.442 e. The van der Waals surface area contributed by atoms with Crippen LogP contribution in [0.4, 0.5) is 18.9 Å². The highest BCUT2D eigenvalue weighted by molar-refractivity contribution is 5.85. The van der Waals surface area contributed by atoms with Gasteiger partial charge in [-0.15, -0.1) is 0 Å². The Kier molecular flexibility index (Phi) is 4.13. The number of nitrogens with zero attached hydrogens (tertiary/aromatic N) is 2. The van der Waals surface area contributed by atoms with Crippen molar-refractivity contribution in [2.45, 2.75) is 5.92 Å². The Hall–Kier alpha value is -3.01. The number of rotatable bonds is 2. The van der Waals surface area contributed by atoms with Gasteiger partial charge in [0.2, 0.25) is 5.90 Å². The number of benzene rings is 2. The van der Waals surface area contributed by atoms with Crippen molar-refractivity contribution in [2.24, 2.45) is 5.92 Å². The maximum absolute atomic E-state index is 14.3. The van der Waals surface area contributed by atoms with Crippen molar-refractivity contribution in [1.29, 1.82) is 10.7 Å². The molecule has 1 N–H and O–H groups in total. The zero-order valence-corrected chi connectivity index (χ0v) is 13.5. The van der Waals surface area contributed by atoms with Crippen LogP contribution in [0.5, 0.6) is 5.75 Å². The first kappa shape index (κ1) is 16.8. The number of hydrogen-bond donors (Lipinski definition) is 1. The van der Waals surface area contributed by atoms with Crippen molar-refractivity contribution < 1.29 is 17.9 Å². The standard InChI is InChI=1S/C18H14F3N3O/c1-24(2)9-3-4-10-14(7-9)25-18(23)12(8-22)15(10)11-5-6-13(19)17(21)16(11)20/h3-7,12,15,23H,1-2H3. The van der Waals surface area contributed by atoms with Crippen molar-refractivity contribution in [3.63, 3.8) is 0 Å². The van der Waals surface area contributed by atoms with E-state index in [-0.39, 0.29) is 17.2 Å². The molecule has 3 rings (SSSR count). The predicted octanol–water partition coefficient (Wildman–Crippen LogP) is 3.81. The maximum atomic E-state index is 14.3. The number of hydrogen-bond acceptors (Lipinski definition) is 4. The molecule has 128 valence electrons. The molecule has 1 aliphatic heterocycles. The lowest BCUT2D eigenvalue weighted by atomic mass is 9.78. The average molecular weight is 345 g/mol. The summed E-state index contributed by atoms with van der Waals surface area (Å²) in [6.07, 6.45) is 0. The molecule has 2 aromatic rings. The third-order valence-electron chi connectivity index (χ3n) is 4.22. The van der Waals surface area contributed by atoms with E-state index in [1.807, 2.05) is 25.1 Å². The smallest absolute Gasteiger partial charge is 0.205 e. The molecule has 0 radical (unpaired) electrons. The Morgan fingerprint density at radius 3 is 2.40 bits per heavy atom. The summed E-state index contributed by atoms with van der Waals surface area (Å²) in [5.74, 6) is -6.44. The fourth-order valence-corrected chi connectivity index (χ4v) is 2.92. The van der Waals surface area contributed by atoms with Gasteiger partial charge in [0, 0.05) is 42.9 Å². The van der Waals surface area contributed by atoms with Crippen LogP contribution in [-0.2, 0) is 0 Å². The molecular formula is C18H14F3N3O. The summed E-state index contributed by atoms with van der Waals surface area (Å²) in [6, 6.07) is 8.86. The van der Waals surface area contributed by atoms with E-state index in [4.69, 9.17) is 10.1 Å². The van der Waals surface area contributed by atoms with Crippen LogP contribution in [0.3, 0.4) is 0 Å². The van der Waals surface area contributed by atoms with Crippen LogP contribution in [0, 0.1) is 40.1 Å². The lowest BCUT2D eigenvalue weighted by Gasteiger charge is -2.31. The van der Waals surface area contributed by atoms with E-state index in [9.17, 15) is 18.4 Å². The van der Waals surface area contributed by atoms with Crippen LogP contribution < -0.4 is 9.64 Å². The van der Waals surface area contributed by atoms with Gasteiger partial charge in [0.25, 0.3) is 0 Å². The van der Waals surface area contributed by atoms with Crippen LogP contribution in [0.25, 0.3) is 0 Å². The summed E-state index contributed by atoms with van der Waals surface area (Å²) in [6.45, 7) is 0. The van der Waals surface area contributed by atoms with Crippen LogP contribution in [0.2, 0.25) is 0 Å². The molecule has 0 aliphatic carbocycles. The minimum atomic E-state index is -1.60. The van der Waals surface area contributed by atoms with E-state index in [0.29, 0.717) is 5.56 Å². The summed E-state index contributed by atoms with van der Waals surface area (Å²) < 4.78 is 46.7. The van der Waals surface area contributed by atoms with Crippen molar-refractivity contribution in [3.8, 4) is 11.8 Å². The normalized spacial score (nSPS) is 19.0.